The second-order valence-corrected chi connectivity index (χ2v) is 32.3. The number of aromatic amines is 1. The number of carbonyl (C=O) groups excluding carboxylic acids is 12. The molecule has 1 aromatic heterocycles. The van der Waals surface area contributed by atoms with E-state index in [9.17, 15) is 57.5 Å². The lowest BCUT2D eigenvalue weighted by Crippen LogP contribution is -2.47. The summed E-state index contributed by atoms with van der Waals surface area (Å²) in [7, 11) is 0. The van der Waals surface area contributed by atoms with E-state index in [1.165, 1.54) is 89.8 Å². The number of H-pyrrole nitrogens is 1. The van der Waals surface area contributed by atoms with Gasteiger partial charge in [0.25, 0.3) is 0 Å². The van der Waals surface area contributed by atoms with Crippen molar-refractivity contribution in [3.8, 4) is 0 Å². The minimum Gasteiger partial charge on any atom is -0.377 e. The number of hydrogen-bond acceptors (Lipinski definition) is 20. The Morgan fingerprint density at radius 3 is 1.38 bits per heavy atom. The van der Waals surface area contributed by atoms with Crippen LogP contribution in [0.3, 0.4) is 0 Å². The number of amides is 7. The van der Waals surface area contributed by atoms with Gasteiger partial charge in [-0.05, 0) is 77.0 Å². The summed E-state index contributed by atoms with van der Waals surface area (Å²) in [5, 5.41) is 17.0. The second-order valence-electron chi connectivity index (χ2n) is 32.3. The van der Waals surface area contributed by atoms with Gasteiger partial charge in [-0.3, -0.25) is 62.5 Å². The molecule has 0 aliphatic heterocycles. The summed E-state index contributed by atoms with van der Waals surface area (Å²) < 4.78 is 27.9. The first-order valence-electron chi connectivity index (χ1n) is 42.7. The number of ether oxygens (including phenoxy) is 5. The molecule has 114 heavy (non-hydrogen) atoms. The molecule has 30 nitrogen and oxygen atoms in total. The van der Waals surface area contributed by atoms with Crippen LogP contribution in [-0.2, 0) is 87.6 Å². The third-order valence-electron chi connectivity index (χ3n) is 20.2. The van der Waals surface area contributed by atoms with Crippen molar-refractivity contribution in [1.29, 1.82) is 0 Å². The first kappa shape index (κ1) is 105. The van der Waals surface area contributed by atoms with E-state index in [4.69, 9.17) is 46.6 Å². The van der Waals surface area contributed by atoms with Crippen LogP contribution in [-0.4, -0.2) is 204 Å². The smallest absolute Gasteiger partial charge is 0.245 e. The van der Waals surface area contributed by atoms with Gasteiger partial charge in [0.15, 0.2) is 17.5 Å². The lowest BCUT2D eigenvalue weighted by molar-refractivity contribution is -0.141. The van der Waals surface area contributed by atoms with Gasteiger partial charge in [-0.2, -0.15) is 0 Å². The number of nitrogens with two attached hydrogens (primary N) is 4. The Morgan fingerprint density at radius 2 is 0.868 bits per heavy atom. The maximum absolute atomic E-state index is 14.1. The summed E-state index contributed by atoms with van der Waals surface area (Å²) >= 11 is 0. The normalized spacial score (nSPS) is 12.7. The quantitative estimate of drug-likeness (QED) is 0.0165. The van der Waals surface area contributed by atoms with Crippen molar-refractivity contribution in [1.82, 2.24) is 41.9 Å². The lowest BCUT2D eigenvalue weighted by Gasteiger charge is -2.32. The highest BCUT2D eigenvalue weighted by Crippen LogP contribution is 2.37. The number of carbonyl (C=O) groups is 12. The predicted molar refractivity (Wildman–Crippen MR) is 442 cm³/mol. The van der Waals surface area contributed by atoms with Crippen LogP contribution in [0.25, 0.3) is 0 Å². The van der Waals surface area contributed by atoms with Gasteiger partial charge in [-0.1, -0.05) is 165 Å². The number of guanidine groups is 1. The van der Waals surface area contributed by atoms with Crippen molar-refractivity contribution in [3.05, 3.63) is 18.2 Å². The highest BCUT2D eigenvalue weighted by Gasteiger charge is 2.42. The molecule has 0 fully saturated rings. The molecule has 15 N–H and O–H groups in total. The molecule has 0 bridgehead atoms. The summed E-state index contributed by atoms with van der Waals surface area (Å²) in [6.45, 7) is 16.9. The van der Waals surface area contributed by atoms with Crippen LogP contribution >= 0.6 is 0 Å². The Hall–Kier alpha value is -7.12. The number of primary amides is 1. The van der Waals surface area contributed by atoms with Gasteiger partial charge < -0.3 is 83.5 Å². The maximum atomic E-state index is 14.1. The number of aromatic nitrogens is 2. The minimum atomic E-state index is -1.28. The van der Waals surface area contributed by atoms with Gasteiger partial charge in [-0.15, -0.1) is 0 Å². The minimum absolute atomic E-state index is 0.0228. The topological polar surface area (TPSA) is 468 Å². The molecule has 1 rings (SSSR count). The highest BCUT2D eigenvalue weighted by atomic mass is 16.5. The Kier molecular flexibility index (Phi) is 59.8. The van der Waals surface area contributed by atoms with Crippen LogP contribution in [0, 0.1) is 28.1 Å². The monoisotopic (exact) mass is 1610 g/mol. The predicted octanol–water partition coefficient (Wildman–Crippen LogP) is 8.43. The van der Waals surface area contributed by atoms with Crippen molar-refractivity contribution in [2.75, 3.05) is 105 Å². The van der Waals surface area contributed by atoms with Crippen LogP contribution in [0.5, 0.6) is 0 Å². The van der Waals surface area contributed by atoms with Crippen molar-refractivity contribution in [2.45, 2.75) is 305 Å². The molecular weight excluding hydrogens is 1460 g/mol. The average molecular weight is 1620 g/mol. The third kappa shape index (κ3) is 55.4. The highest BCUT2D eigenvalue weighted by molar-refractivity contribution is 5.99. The zero-order valence-corrected chi connectivity index (χ0v) is 71.1. The number of ketones is 5. The van der Waals surface area contributed by atoms with Gasteiger partial charge in [0.2, 0.25) is 41.4 Å². The molecule has 0 aliphatic rings. The second kappa shape index (κ2) is 65.0. The molecule has 1 aromatic rings. The van der Waals surface area contributed by atoms with Crippen molar-refractivity contribution in [3.63, 3.8) is 0 Å². The van der Waals surface area contributed by atoms with E-state index in [0.717, 1.165) is 44.9 Å². The molecular formula is C84H151N13O17. The van der Waals surface area contributed by atoms with Crippen molar-refractivity contribution in [2.24, 2.45) is 56.0 Å². The number of Topliss-reactive ketones (excluding diaryl/α,β-unsaturated/α-hetero) is 5. The van der Waals surface area contributed by atoms with Crippen LogP contribution in [0.1, 0.15) is 292 Å². The number of rotatable bonds is 78. The van der Waals surface area contributed by atoms with Crippen LogP contribution < -0.4 is 54.8 Å². The molecule has 0 saturated carbocycles. The Bertz CT molecular complexity index is 2910. The van der Waals surface area contributed by atoms with Crippen molar-refractivity contribution < 1.29 is 81.2 Å². The first-order chi connectivity index (χ1) is 54.4. The Balaban J connectivity index is 2.64. The molecule has 4 atom stereocenters. The summed E-state index contributed by atoms with van der Waals surface area (Å²) in [6.07, 6.45) is 30.1. The largest absolute Gasteiger partial charge is 0.377 e. The fraction of sp³-hybridized carbons (Fsp3) is 0.810. The van der Waals surface area contributed by atoms with E-state index >= 15 is 0 Å². The molecule has 1 heterocycles. The number of nitrogens with one attached hydrogen (secondary N) is 7. The maximum Gasteiger partial charge on any atom is 0.245 e. The summed E-state index contributed by atoms with van der Waals surface area (Å²) in [6, 6.07) is -1.98. The summed E-state index contributed by atoms with van der Waals surface area (Å²) in [5.74, 6) is -5.72. The zero-order chi connectivity index (χ0) is 84.7. The molecule has 654 valence electrons. The SMILES string of the molecule is CCCCCCCCCCCC(=O)NCCCCCOCC(=O)C[C@@H](CCCCNC(=O)COCCOCCNC(=O)CCCCCCCCCCC)C(=O)NCCOCCOCC(=O)NCCCC[C@H](NC(=O)[C@H](CCCN=C(N)N)CC(=O)C(C)(C)CC(=O)C(C)(C)CC(=O)C(C)(C)CC(=O)[C@@H](N)Cc1cnc[nH]1)C(N)=O. The zero-order valence-electron chi connectivity index (χ0n) is 71.1. The van der Waals surface area contributed by atoms with Gasteiger partial charge >= 0.3 is 0 Å². The number of nitrogens with zero attached hydrogens (tertiary/aromatic N) is 2. The number of hydrogen-bond donors (Lipinski definition) is 11. The van der Waals surface area contributed by atoms with Crippen molar-refractivity contribution >= 4 is 76.2 Å². The van der Waals surface area contributed by atoms with Crippen LogP contribution in [0.15, 0.2) is 17.5 Å². The lowest BCUT2D eigenvalue weighted by atomic mass is 9.69. The Morgan fingerprint density at radius 1 is 0.439 bits per heavy atom. The van der Waals surface area contributed by atoms with Gasteiger partial charge in [0.1, 0.15) is 43.2 Å². The third-order valence-corrected chi connectivity index (χ3v) is 20.2. The van der Waals surface area contributed by atoms with Crippen LogP contribution in [0.4, 0.5) is 0 Å². The molecule has 30 heteroatoms. The summed E-state index contributed by atoms with van der Waals surface area (Å²) in [5.41, 5.74) is 20.0. The Labute approximate surface area is 680 Å². The number of unbranched alkanes of at least 4 members (excludes halogenated alkanes) is 20. The van der Waals surface area contributed by atoms with E-state index in [1.807, 2.05) is 0 Å². The molecule has 0 spiro atoms. The molecule has 7 amide bonds. The molecule has 0 aromatic carbocycles. The molecule has 0 aliphatic carbocycles. The van der Waals surface area contributed by atoms with E-state index in [0.29, 0.717) is 96.3 Å². The molecule has 0 unspecified atom stereocenters. The van der Waals surface area contributed by atoms with Crippen LogP contribution in [0.2, 0.25) is 0 Å². The summed E-state index contributed by atoms with van der Waals surface area (Å²) in [4.78, 5) is 169. The molecule has 0 radical (unpaired) electrons. The fourth-order valence-electron chi connectivity index (χ4n) is 12.8. The van der Waals surface area contributed by atoms with E-state index in [-0.39, 0.29) is 177 Å². The van der Waals surface area contributed by atoms with E-state index < -0.39 is 63.7 Å². The van der Waals surface area contributed by atoms with Gasteiger partial charge in [0.05, 0.1) is 52.0 Å². The van der Waals surface area contributed by atoms with E-state index in [2.05, 4.69) is 60.7 Å². The fourth-order valence-corrected chi connectivity index (χ4v) is 12.8. The number of imidazole rings is 1. The standard InChI is InChI=1S/C84H151N13O17/c1-9-11-13-15-17-19-21-23-26-38-74(103)90-40-30-25-33-46-112-60-67(98)53-64(35-28-31-41-91-76(105)61-113-51-49-110-47-44-93-75(104)39-27-24-22-20-18-16-14-12-10-2)79(108)94-45-48-111-50-52-114-62-77(106)92-42-32-29-37-69(78(86)107)97-80(109)65(36-34-43-95-81(87)88)54-71(100)83(5,6)57-73(102)84(7,8)58-72(101)82(3,4)56-70(99)68(85)55-66-59-89-63-96-66/h59,63-65,68-69H,9-58,60-62,85H2,1-8H3,(H2,86,107)(H,89,96)(H,90,103)(H,91,105)(H,92,106)(H,93,104)(H,94,108)(H,97,109)(H4,87,88,95)/t64-,65-,68+,69+/m1/s1. The van der Waals surface area contributed by atoms with E-state index in [1.54, 1.807) is 47.7 Å². The average Bonchev–Trinajstić information content (AvgIpc) is 0.858. The molecule has 0 saturated heterocycles. The van der Waals surface area contributed by atoms with Gasteiger partial charge in [-0.25, -0.2) is 4.98 Å². The first-order valence-corrected chi connectivity index (χ1v) is 42.7. The van der Waals surface area contributed by atoms with Gasteiger partial charge in [0, 0.05) is 137 Å². The number of aliphatic imine (C=N–C) groups is 1.